The van der Waals surface area contributed by atoms with Crippen molar-refractivity contribution in [2.24, 2.45) is 14.1 Å². The second-order valence-electron chi connectivity index (χ2n) is 5.55. The molecule has 0 amide bonds. The van der Waals surface area contributed by atoms with Gasteiger partial charge < -0.3 is 5.32 Å². The highest BCUT2D eigenvalue weighted by molar-refractivity contribution is 6.30. The number of rotatable bonds is 3. The maximum absolute atomic E-state index is 12.7. The quantitative estimate of drug-likeness (QED) is 0.793. The Morgan fingerprint density at radius 3 is 2.42 bits per heavy atom. The molecule has 3 aromatic rings. The Morgan fingerprint density at radius 1 is 1.12 bits per heavy atom. The van der Waals surface area contributed by atoms with E-state index in [4.69, 9.17) is 11.6 Å². The summed E-state index contributed by atoms with van der Waals surface area (Å²) in [7, 11) is 3.07. The summed E-state index contributed by atoms with van der Waals surface area (Å²) in [5.74, 6) is 0. The molecule has 3 rings (SSSR count). The summed E-state index contributed by atoms with van der Waals surface area (Å²) in [6, 6.07) is 7.21. The third kappa shape index (κ3) is 2.59. The van der Waals surface area contributed by atoms with Crippen LogP contribution in [0, 0.1) is 0 Å². The fourth-order valence-electron chi connectivity index (χ4n) is 2.66. The number of aryl methyl sites for hydroxylation is 2. The van der Waals surface area contributed by atoms with E-state index in [1.54, 1.807) is 25.4 Å². The smallest absolute Gasteiger partial charge is 0.332 e. The number of anilines is 2. The van der Waals surface area contributed by atoms with E-state index in [0.29, 0.717) is 28.2 Å². The summed E-state index contributed by atoms with van der Waals surface area (Å²) >= 11 is 5.92. The number of fused-ring (bicyclic) bond motifs is 1. The summed E-state index contributed by atoms with van der Waals surface area (Å²) in [5, 5.41) is 4.31. The zero-order valence-corrected chi connectivity index (χ0v) is 14.4. The van der Waals surface area contributed by atoms with Gasteiger partial charge in [-0.25, -0.2) is 9.78 Å². The third-order valence-corrected chi connectivity index (χ3v) is 4.29. The van der Waals surface area contributed by atoms with E-state index in [1.807, 2.05) is 19.1 Å². The first kappa shape index (κ1) is 16.3. The van der Waals surface area contributed by atoms with Crippen LogP contribution >= 0.6 is 11.6 Å². The first-order chi connectivity index (χ1) is 11.4. The predicted molar refractivity (Wildman–Crippen MR) is 96.3 cm³/mol. The molecule has 6 nitrogen and oxygen atoms in total. The van der Waals surface area contributed by atoms with Gasteiger partial charge in [0.25, 0.3) is 5.56 Å². The van der Waals surface area contributed by atoms with Crippen molar-refractivity contribution in [3.63, 3.8) is 0 Å². The van der Waals surface area contributed by atoms with Crippen LogP contribution in [0.15, 0.2) is 40.1 Å². The molecule has 0 atom stereocenters. The van der Waals surface area contributed by atoms with E-state index in [9.17, 15) is 9.59 Å². The van der Waals surface area contributed by atoms with Gasteiger partial charge in [-0.15, -0.1) is 0 Å². The normalized spacial score (nSPS) is 11.0. The number of aromatic nitrogens is 3. The Kier molecular flexibility index (Phi) is 4.15. The maximum atomic E-state index is 12.7. The van der Waals surface area contributed by atoms with Crippen LogP contribution in [0.3, 0.4) is 0 Å². The van der Waals surface area contributed by atoms with E-state index < -0.39 is 5.69 Å². The van der Waals surface area contributed by atoms with Gasteiger partial charge >= 0.3 is 5.69 Å². The lowest BCUT2D eigenvalue weighted by Crippen LogP contribution is -2.37. The molecule has 0 radical (unpaired) electrons. The molecule has 2 heterocycles. The highest BCUT2D eigenvalue weighted by Gasteiger charge is 2.16. The van der Waals surface area contributed by atoms with E-state index >= 15 is 0 Å². The minimum absolute atomic E-state index is 0.358. The SMILES string of the molecule is CCc1cnc2c(c1Nc1ccc(Cl)cc1)c(=O)n(C)c(=O)n2C. The first-order valence-electron chi connectivity index (χ1n) is 7.54. The lowest BCUT2D eigenvalue weighted by atomic mass is 10.1. The van der Waals surface area contributed by atoms with Crippen molar-refractivity contribution in [2.45, 2.75) is 13.3 Å². The van der Waals surface area contributed by atoms with Crippen LogP contribution in [0.25, 0.3) is 11.0 Å². The molecule has 7 heteroatoms. The monoisotopic (exact) mass is 344 g/mol. The summed E-state index contributed by atoms with van der Waals surface area (Å²) in [6.07, 6.45) is 2.39. The van der Waals surface area contributed by atoms with Crippen LogP contribution in [0.1, 0.15) is 12.5 Å². The van der Waals surface area contributed by atoms with E-state index in [-0.39, 0.29) is 5.56 Å². The van der Waals surface area contributed by atoms with Gasteiger partial charge in [-0.3, -0.25) is 13.9 Å². The first-order valence-corrected chi connectivity index (χ1v) is 7.92. The van der Waals surface area contributed by atoms with Gasteiger partial charge in [0.05, 0.1) is 5.69 Å². The van der Waals surface area contributed by atoms with Gasteiger partial charge in [-0.2, -0.15) is 0 Å². The molecule has 1 aromatic carbocycles. The molecule has 2 aromatic heterocycles. The molecule has 0 aliphatic rings. The number of benzene rings is 1. The van der Waals surface area contributed by atoms with Crippen LogP contribution in [-0.4, -0.2) is 14.1 Å². The minimum Gasteiger partial charge on any atom is -0.354 e. The molecular formula is C17H17ClN4O2. The molecule has 0 saturated heterocycles. The van der Waals surface area contributed by atoms with Gasteiger partial charge in [0, 0.05) is 31.0 Å². The van der Waals surface area contributed by atoms with Gasteiger partial charge in [0.15, 0.2) is 5.65 Å². The van der Waals surface area contributed by atoms with Crippen molar-refractivity contribution in [2.75, 3.05) is 5.32 Å². The number of pyridine rings is 1. The molecule has 0 bridgehead atoms. The fraction of sp³-hybridized carbons (Fsp3) is 0.235. The van der Waals surface area contributed by atoms with E-state index in [2.05, 4.69) is 10.3 Å². The van der Waals surface area contributed by atoms with E-state index in [0.717, 1.165) is 15.8 Å². The Hall–Kier alpha value is -2.60. The summed E-state index contributed by atoms with van der Waals surface area (Å²) < 4.78 is 2.47. The van der Waals surface area contributed by atoms with Gasteiger partial charge in [0.2, 0.25) is 0 Å². The van der Waals surface area contributed by atoms with Gasteiger partial charge in [-0.05, 0) is 36.2 Å². The zero-order chi connectivity index (χ0) is 17.4. The molecule has 1 N–H and O–H groups in total. The average molecular weight is 345 g/mol. The second-order valence-corrected chi connectivity index (χ2v) is 5.98. The lowest BCUT2D eigenvalue weighted by Gasteiger charge is -2.15. The molecule has 0 fully saturated rings. The molecular weight excluding hydrogens is 328 g/mol. The summed E-state index contributed by atoms with van der Waals surface area (Å²) in [4.78, 5) is 29.1. The molecule has 0 saturated carbocycles. The molecule has 24 heavy (non-hydrogen) atoms. The zero-order valence-electron chi connectivity index (χ0n) is 13.6. The van der Waals surface area contributed by atoms with Crippen molar-refractivity contribution in [1.29, 1.82) is 0 Å². The standard InChI is InChI=1S/C17H17ClN4O2/c1-4-10-9-19-15-13(16(23)22(3)17(24)21(15)2)14(10)20-12-7-5-11(18)6-8-12/h5-9H,4H2,1-3H3,(H,19,20). The van der Waals surface area contributed by atoms with Crippen molar-refractivity contribution in [3.05, 3.63) is 61.9 Å². The van der Waals surface area contributed by atoms with E-state index in [1.165, 1.54) is 11.6 Å². The molecule has 0 spiro atoms. The number of hydrogen-bond acceptors (Lipinski definition) is 4. The highest BCUT2D eigenvalue weighted by Crippen LogP contribution is 2.27. The van der Waals surface area contributed by atoms with Crippen molar-refractivity contribution in [3.8, 4) is 0 Å². The Labute approximate surface area is 143 Å². The number of hydrogen-bond donors (Lipinski definition) is 1. The summed E-state index contributed by atoms with van der Waals surface area (Å²) in [5.41, 5.74) is 1.96. The van der Waals surface area contributed by atoms with Crippen LogP contribution in [0.2, 0.25) is 5.02 Å². The topological polar surface area (TPSA) is 68.9 Å². The number of nitrogens with one attached hydrogen (secondary N) is 1. The van der Waals surface area contributed by atoms with Crippen LogP contribution in [0.5, 0.6) is 0 Å². The van der Waals surface area contributed by atoms with Crippen molar-refractivity contribution in [1.82, 2.24) is 14.1 Å². The third-order valence-electron chi connectivity index (χ3n) is 4.04. The largest absolute Gasteiger partial charge is 0.354 e. The molecule has 0 aliphatic carbocycles. The van der Waals surface area contributed by atoms with Crippen LogP contribution in [0.4, 0.5) is 11.4 Å². The van der Waals surface area contributed by atoms with Crippen molar-refractivity contribution < 1.29 is 0 Å². The maximum Gasteiger partial charge on any atom is 0.332 e. The Morgan fingerprint density at radius 2 is 1.79 bits per heavy atom. The van der Waals surface area contributed by atoms with Gasteiger partial charge in [0.1, 0.15) is 5.39 Å². The fourth-order valence-corrected chi connectivity index (χ4v) is 2.78. The second kappa shape index (κ2) is 6.13. The molecule has 0 aliphatic heterocycles. The highest BCUT2D eigenvalue weighted by atomic mass is 35.5. The predicted octanol–water partition coefficient (Wildman–Crippen LogP) is 2.59. The molecule has 0 unspecified atom stereocenters. The Bertz CT molecular complexity index is 1040. The van der Waals surface area contributed by atoms with Crippen molar-refractivity contribution >= 4 is 34.0 Å². The number of halogens is 1. The van der Waals surface area contributed by atoms with Crippen LogP contribution < -0.4 is 16.6 Å². The minimum atomic E-state index is -0.401. The Balaban J connectivity index is 2.34. The average Bonchev–Trinajstić information content (AvgIpc) is 2.59. The molecule has 124 valence electrons. The van der Waals surface area contributed by atoms with Crippen LogP contribution in [-0.2, 0) is 20.5 Å². The number of nitrogens with zero attached hydrogens (tertiary/aromatic N) is 3. The lowest BCUT2D eigenvalue weighted by molar-refractivity contribution is 0.707. The summed E-state index contributed by atoms with van der Waals surface area (Å²) in [6.45, 7) is 1.99. The van der Waals surface area contributed by atoms with Gasteiger partial charge in [-0.1, -0.05) is 18.5 Å².